The van der Waals surface area contributed by atoms with Crippen LogP contribution in [0.4, 0.5) is 0 Å². The van der Waals surface area contributed by atoms with Gasteiger partial charge < -0.3 is 9.30 Å². The van der Waals surface area contributed by atoms with Crippen LogP contribution < -0.4 is 4.74 Å². The van der Waals surface area contributed by atoms with Gasteiger partial charge in [0.05, 0.1) is 17.8 Å². The number of amidine groups is 2. The highest BCUT2D eigenvalue weighted by Crippen LogP contribution is 2.37. The standard InChI is InChI=1S/C30H24N4O2S/c1-20-9-5-8-14-27(20)36-16-15-33-18-22(23-12-6-7-13-25(23)33)17-24-28(31)34-26(21-10-3-2-4-11-21)19-37-30(34)32-29(24)35/h2-14,17-19,31H,15-16H2,1H3/b24-17-,31-28?. The maximum Gasteiger partial charge on any atom is 0.283 e. The highest BCUT2D eigenvalue weighted by Gasteiger charge is 2.36. The number of nitrogens with one attached hydrogen (secondary N) is 1. The highest BCUT2D eigenvalue weighted by molar-refractivity contribution is 8.17. The SMILES string of the molecule is Cc1ccccc1OCCn1cc(/C=C2/C(=N)N3C(c4ccccc4)=CSC3=NC2=O)c2ccccc21. The first-order valence-corrected chi connectivity index (χ1v) is 12.9. The number of hydrogen-bond acceptors (Lipinski definition) is 4. The number of amides is 1. The Balaban J connectivity index is 1.31. The van der Waals surface area contributed by atoms with E-state index in [9.17, 15) is 4.79 Å². The highest BCUT2D eigenvalue weighted by atomic mass is 32.2. The fraction of sp³-hybridized carbons (Fsp3) is 0.100. The van der Waals surface area contributed by atoms with E-state index in [0.29, 0.717) is 18.3 Å². The zero-order chi connectivity index (χ0) is 25.4. The number of benzene rings is 3. The van der Waals surface area contributed by atoms with Crippen molar-refractivity contribution < 1.29 is 9.53 Å². The zero-order valence-electron chi connectivity index (χ0n) is 20.2. The Labute approximate surface area is 219 Å². The number of nitrogens with zero attached hydrogens (tertiary/aromatic N) is 3. The molecule has 1 aromatic heterocycles. The Bertz CT molecular complexity index is 1630. The number of aryl methyl sites for hydroxylation is 1. The molecule has 4 aromatic rings. The molecule has 37 heavy (non-hydrogen) atoms. The van der Waals surface area contributed by atoms with Gasteiger partial charge in [-0.05, 0) is 36.3 Å². The zero-order valence-corrected chi connectivity index (χ0v) is 21.0. The third kappa shape index (κ3) is 4.27. The molecule has 6 rings (SSSR count). The average molecular weight is 505 g/mol. The predicted molar refractivity (Wildman–Crippen MR) is 151 cm³/mol. The molecule has 0 aliphatic carbocycles. The normalized spacial score (nSPS) is 16.2. The fourth-order valence-electron chi connectivity index (χ4n) is 4.62. The van der Waals surface area contributed by atoms with Crippen LogP contribution in [0.25, 0.3) is 22.7 Å². The summed E-state index contributed by atoms with van der Waals surface area (Å²) in [5.74, 6) is 0.614. The number of rotatable bonds is 6. The van der Waals surface area contributed by atoms with Crippen molar-refractivity contribution in [2.24, 2.45) is 4.99 Å². The smallest absolute Gasteiger partial charge is 0.283 e. The molecule has 6 nitrogen and oxygen atoms in total. The number of aromatic nitrogens is 1. The lowest BCUT2D eigenvalue weighted by Crippen LogP contribution is -2.38. The van der Waals surface area contributed by atoms with Crippen molar-refractivity contribution in [1.29, 1.82) is 5.41 Å². The van der Waals surface area contributed by atoms with Crippen molar-refractivity contribution in [1.82, 2.24) is 9.47 Å². The molecule has 0 bridgehead atoms. The first-order chi connectivity index (χ1) is 18.1. The Kier molecular flexibility index (Phi) is 5.98. The van der Waals surface area contributed by atoms with Crippen molar-refractivity contribution in [2.75, 3.05) is 6.61 Å². The van der Waals surface area contributed by atoms with E-state index < -0.39 is 5.91 Å². The average Bonchev–Trinajstić information content (AvgIpc) is 3.50. The summed E-state index contributed by atoms with van der Waals surface area (Å²) >= 11 is 1.37. The maximum atomic E-state index is 13.0. The number of ether oxygens (including phenoxy) is 1. The monoisotopic (exact) mass is 504 g/mol. The van der Waals surface area contributed by atoms with Crippen LogP contribution in [-0.4, -0.2) is 33.0 Å². The van der Waals surface area contributed by atoms with E-state index in [1.54, 1.807) is 11.0 Å². The largest absolute Gasteiger partial charge is 0.491 e. The molecule has 2 aliphatic rings. The van der Waals surface area contributed by atoms with Gasteiger partial charge in [-0.25, -0.2) is 0 Å². The van der Waals surface area contributed by atoms with Gasteiger partial charge in [0.25, 0.3) is 5.91 Å². The lowest BCUT2D eigenvalue weighted by atomic mass is 10.1. The van der Waals surface area contributed by atoms with Crippen LogP contribution in [0.1, 0.15) is 16.7 Å². The Morgan fingerprint density at radius 2 is 1.76 bits per heavy atom. The number of fused-ring (bicyclic) bond motifs is 2. The second-order valence-corrected chi connectivity index (χ2v) is 9.67. The van der Waals surface area contributed by atoms with E-state index in [2.05, 4.69) is 15.6 Å². The van der Waals surface area contributed by atoms with E-state index in [4.69, 9.17) is 10.1 Å². The van der Waals surface area contributed by atoms with Gasteiger partial charge >= 0.3 is 0 Å². The quantitative estimate of drug-likeness (QED) is 0.311. The van der Waals surface area contributed by atoms with E-state index in [1.165, 1.54) is 11.8 Å². The van der Waals surface area contributed by atoms with Crippen LogP contribution in [0.5, 0.6) is 5.75 Å². The lowest BCUT2D eigenvalue weighted by Gasteiger charge is -2.26. The van der Waals surface area contributed by atoms with Crippen molar-refractivity contribution >= 4 is 51.3 Å². The minimum absolute atomic E-state index is 0.134. The summed E-state index contributed by atoms with van der Waals surface area (Å²) in [5, 5.41) is 12.4. The summed E-state index contributed by atoms with van der Waals surface area (Å²) in [5.41, 5.74) is 5.11. The van der Waals surface area contributed by atoms with Gasteiger partial charge in [-0.3, -0.25) is 15.1 Å². The van der Waals surface area contributed by atoms with E-state index >= 15 is 0 Å². The predicted octanol–water partition coefficient (Wildman–Crippen LogP) is 6.33. The van der Waals surface area contributed by atoms with Gasteiger partial charge in [-0.1, -0.05) is 78.5 Å². The lowest BCUT2D eigenvalue weighted by molar-refractivity contribution is -0.114. The number of aliphatic imine (C=N–C) groups is 1. The van der Waals surface area contributed by atoms with Crippen LogP contribution >= 0.6 is 11.8 Å². The second-order valence-electron chi connectivity index (χ2n) is 8.84. The Morgan fingerprint density at radius 1 is 1.00 bits per heavy atom. The van der Waals surface area contributed by atoms with Crippen LogP contribution in [0.2, 0.25) is 0 Å². The fourth-order valence-corrected chi connectivity index (χ4v) is 5.51. The summed E-state index contributed by atoms with van der Waals surface area (Å²) in [7, 11) is 0. The molecular weight excluding hydrogens is 480 g/mol. The van der Waals surface area contributed by atoms with Crippen LogP contribution in [0.3, 0.4) is 0 Å². The third-order valence-electron chi connectivity index (χ3n) is 6.49. The van der Waals surface area contributed by atoms with Crippen molar-refractivity contribution in [3.63, 3.8) is 0 Å². The number of para-hydroxylation sites is 2. The summed E-state index contributed by atoms with van der Waals surface area (Å²) in [4.78, 5) is 19.1. The van der Waals surface area contributed by atoms with Gasteiger partial charge in [-0.2, -0.15) is 4.99 Å². The van der Waals surface area contributed by atoms with Crippen molar-refractivity contribution in [2.45, 2.75) is 13.5 Å². The minimum atomic E-state index is -0.397. The molecule has 2 aliphatic heterocycles. The maximum absolute atomic E-state index is 13.0. The molecule has 0 fully saturated rings. The molecule has 1 amide bonds. The molecule has 3 heterocycles. The molecular formula is C30H24N4O2S. The van der Waals surface area contributed by atoms with Gasteiger partial charge in [0.1, 0.15) is 18.2 Å². The van der Waals surface area contributed by atoms with Gasteiger partial charge in [-0.15, -0.1) is 0 Å². The number of carbonyl (C=O) groups excluding carboxylic acids is 1. The molecule has 0 atom stereocenters. The summed E-state index contributed by atoms with van der Waals surface area (Å²) in [6.45, 7) is 3.19. The number of thioether (sulfide) groups is 1. The van der Waals surface area contributed by atoms with Crippen molar-refractivity contribution in [3.05, 3.63) is 113 Å². The van der Waals surface area contributed by atoms with E-state index in [0.717, 1.165) is 39.0 Å². The van der Waals surface area contributed by atoms with Gasteiger partial charge in [0.2, 0.25) is 0 Å². The van der Waals surface area contributed by atoms with E-state index in [1.807, 2.05) is 91.3 Å². The molecule has 7 heteroatoms. The Morgan fingerprint density at radius 3 is 2.59 bits per heavy atom. The van der Waals surface area contributed by atoms with E-state index in [-0.39, 0.29) is 11.4 Å². The summed E-state index contributed by atoms with van der Waals surface area (Å²) < 4.78 is 8.16. The summed E-state index contributed by atoms with van der Waals surface area (Å²) in [6.07, 6.45) is 3.81. The molecule has 0 radical (unpaired) electrons. The summed E-state index contributed by atoms with van der Waals surface area (Å²) in [6, 6.07) is 25.9. The van der Waals surface area contributed by atoms with Crippen LogP contribution in [0, 0.1) is 12.3 Å². The molecule has 0 spiro atoms. The number of carbonyl (C=O) groups is 1. The van der Waals surface area contributed by atoms with Crippen molar-refractivity contribution in [3.8, 4) is 5.75 Å². The molecule has 182 valence electrons. The number of hydrogen-bond donors (Lipinski definition) is 1. The first-order valence-electron chi connectivity index (χ1n) is 12.0. The molecule has 3 aromatic carbocycles. The molecule has 1 N–H and O–H groups in total. The van der Waals surface area contributed by atoms with Gasteiger partial charge in [0, 0.05) is 28.1 Å². The molecule has 0 unspecified atom stereocenters. The van der Waals surface area contributed by atoms with Gasteiger partial charge in [0.15, 0.2) is 5.17 Å². The first kappa shape index (κ1) is 23.1. The third-order valence-corrected chi connectivity index (χ3v) is 7.31. The second kappa shape index (κ2) is 9.59. The molecule has 0 saturated carbocycles. The minimum Gasteiger partial charge on any atom is -0.491 e. The topological polar surface area (TPSA) is 70.7 Å². The molecule has 0 saturated heterocycles. The van der Waals surface area contributed by atoms with Crippen LogP contribution in [0.15, 0.2) is 101 Å². The van der Waals surface area contributed by atoms with Crippen LogP contribution in [-0.2, 0) is 11.3 Å². The Hall–Kier alpha value is -4.36.